The van der Waals surface area contributed by atoms with Gasteiger partial charge in [0.05, 0.1) is 24.8 Å². The van der Waals surface area contributed by atoms with E-state index in [9.17, 15) is 9.90 Å². The summed E-state index contributed by atoms with van der Waals surface area (Å²) in [6.45, 7) is 1.84. The molecule has 1 aromatic rings. The monoisotopic (exact) mass is 223 g/mol. The highest BCUT2D eigenvalue weighted by atomic mass is 16.5. The number of hydrogen-bond acceptors (Lipinski definition) is 4. The van der Waals surface area contributed by atoms with Crippen molar-refractivity contribution in [3.05, 3.63) is 35.4 Å². The number of rotatable bonds is 4. The maximum Gasteiger partial charge on any atom is 0.338 e. The first kappa shape index (κ1) is 12.7. The summed E-state index contributed by atoms with van der Waals surface area (Å²) < 4.78 is 4.66. The predicted molar refractivity (Wildman–Crippen MR) is 61.0 cm³/mol. The van der Waals surface area contributed by atoms with Gasteiger partial charge in [-0.25, -0.2) is 4.79 Å². The fourth-order valence-corrected chi connectivity index (χ4v) is 1.54. The van der Waals surface area contributed by atoms with Crippen LogP contribution in [0.5, 0.6) is 0 Å². The lowest BCUT2D eigenvalue weighted by Gasteiger charge is -2.19. The van der Waals surface area contributed by atoms with Crippen LogP contribution in [0.1, 0.15) is 35.3 Å². The lowest BCUT2D eigenvalue weighted by molar-refractivity contribution is 0.0596. The number of carbonyl (C=O) groups is 1. The molecule has 3 N–H and O–H groups in total. The average Bonchev–Trinajstić information content (AvgIpc) is 2.35. The van der Waals surface area contributed by atoms with Gasteiger partial charge in [0, 0.05) is 0 Å². The summed E-state index contributed by atoms with van der Waals surface area (Å²) >= 11 is 0. The third-order valence-electron chi connectivity index (χ3n) is 2.56. The Bertz CT molecular complexity index is 365. The Morgan fingerprint density at radius 2 is 2.12 bits per heavy atom. The van der Waals surface area contributed by atoms with Crippen molar-refractivity contribution in [1.29, 1.82) is 0 Å². The number of aliphatic hydroxyl groups is 1. The average molecular weight is 223 g/mol. The molecule has 0 amide bonds. The van der Waals surface area contributed by atoms with Crippen molar-refractivity contribution in [2.75, 3.05) is 7.11 Å². The van der Waals surface area contributed by atoms with Gasteiger partial charge < -0.3 is 15.6 Å². The molecule has 0 radical (unpaired) electrons. The van der Waals surface area contributed by atoms with E-state index in [0.717, 1.165) is 0 Å². The normalized spacial score (nSPS) is 14.2. The van der Waals surface area contributed by atoms with Crippen molar-refractivity contribution in [1.82, 2.24) is 0 Å². The highest BCUT2D eigenvalue weighted by Gasteiger charge is 2.21. The smallest absolute Gasteiger partial charge is 0.338 e. The van der Waals surface area contributed by atoms with Gasteiger partial charge in [-0.05, 0) is 18.1 Å². The van der Waals surface area contributed by atoms with Crippen molar-refractivity contribution >= 4 is 5.97 Å². The van der Waals surface area contributed by atoms with Crippen molar-refractivity contribution in [2.45, 2.75) is 25.5 Å². The number of nitrogens with two attached hydrogens (primary N) is 1. The number of esters is 1. The van der Waals surface area contributed by atoms with E-state index in [1.54, 1.807) is 24.3 Å². The number of benzene rings is 1. The molecule has 4 heteroatoms. The molecule has 0 aliphatic carbocycles. The van der Waals surface area contributed by atoms with Gasteiger partial charge in [0.15, 0.2) is 0 Å². The molecule has 0 spiro atoms. The van der Waals surface area contributed by atoms with Gasteiger partial charge in [-0.2, -0.15) is 0 Å². The van der Waals surface area contributed by atoms with Gasteiger partial charge in [0.25, 0.3) is 0 Å². The van der Waals surface area contributed by atoms with Crippen LogP contribution in [0.15, 0.2) is 24.3 Å². The van der Waals surface area contributed by atoms with Crippen molar-refractivity contribution in [3.8, 4) is 0 Å². The van der Waals surface area contributed by atoms with E-state index < -0.39 is 18.1 Å². The summed E-state index contributed by atoms with van der Waals surface area (Å²) in [5.74, 6) is -0.436. The van der Waals surface area contributed by atoms with Gasteiger partial charge in [-0.1, -0.05) is 25.1 Å². The molecular weight excluding hydrogens is 206 g/mol. The fraction of sp³-hybridized carbons (Fsp3) is 0.417. The first-order chi connectivity index (χ1) is 7.61. The van der Waals surface area contributed by atoms with Crippen LogP contribution in [0.3, 0.4) is 0 Å². The maximum absolute atomic E-state index is 11.5. The van der Waals surface area contributed by atoms with E-state index >= 15 is 0 Å². The second-order valence-corrected chi connectivity index (χ2v) is 3.58. The maximum atomic E-state index is 11.5. The van der Waals surface area contributed by atoms with Crippen molar-refractivity contribution < 1.29 is 14.6 Å². The van der Waals surface area contributed by atoms with E-state index in [4.69, 9.17) is 5.73 Å². The summed E-state index contributed by atoms with van der Waals surface area (Å²) in [5.41, 5.74) is 6.91. The standard InChI is InChI=1S/C12H17NO3/c1-3-10(14)11(13)8-6-4-5-7-9(8)12(15)16-2/h4-7,10-11,14H,3,13H2,1-2H3/t10-,11+/m0/s1. The number of aliphatic hydroxyl groups excluding tert-OH is 1. The second-order valence-electron chi connectivity index (χ2n) is 3.58. The third kappa shape index (κ3) is 2.59. The van der Waals surface area contributed by atoms with E-state index in [1.165, 1.54) is 7.11 Å². The molecule has 0 aliphatic rings. The Morgan fingerprint density at radius 3 is 2.69 bits per heavy atom. The lowest BCUT2D eigenvalue weighted by Crippen LogP contribution is -2.27. The largest absolute Gasteiger partial charge is 0.465 e. The van der Waals surface area contributed by atoms with E-state index in [2.05, 4.69) is 4.74 Å². The molecule has 0 fully saturated rings. The van der Waals surface area contributed by atoms with Gasteiger partial charge >= 0.3 is 5.97 Å². The van der Waals surface area contributed by atoms with Crippen LogP contribution < -0.4 is 5.73 Å². The van der Waals surface area contributed by atoms with Crippen molar-refractivity contribution in [3.63, 3.8) is 0 Å². The zero-order valence-electron chi connectivity index (χ0n) is 9.51. The molecule has 0 aliphatic heterocycles. The minimum Gasteiger partial charge on any atom is -0.465 e. The molecule has 1 aromatic carbocycles. The number of hydrogen-bond donors (Lipinski definition) is 2. The number of ether oxygens (including phenoxy) is 1. The summed E-state index contributed by atoms with van der Waals surface area (Å²) in [7, 11) is 1.32. The van der Waals surface area contributed by atoms with Crippen LogP contribution in [-0.2, 0) is 4.74 Å². The fourth-order valence-electron chi connectivity index (χ4n) is 1.54. The Balaban J connectivity index is 3.08. The van der Waals surface area contributed by atoms with E-state index in [-0.39, 0.29) is 0 Å². The zero-order chi connectivity index (χ0) is 12.1. The summed E-state index contributed by atoms with van der Waals surface area (Å²) in [4.78, 5) is 11.5. The summed E-state index contributed by atoms with van der Waals surface area (Å²) in [6.07, 6.45) is -0.123. The van der Waals surface area contributed by atoms with E-state index in [0.29, 0.717) is 17.5 Å². The van der Waals surface area contributed by atoms with Crippen molar-refractivity contribution in [2.24, 2.45) is 5.73 Å². The van der Waals surface area contributed by atoms with Crippen LogP contribution in [-0.4, -0.2) is 24.3 Å². The Labute approximate surface area is 95.0 Å². The molecule has 0 saturated heterocycles. The Morgan fingerprint density at radius 1 is 1.50 bits per heavy atom. The van der Waals surface area contributed by atoms with Gasteiger partial charge in [-0.3, -0.25) is 0 Å². The van der Waals surface area contributed by atoms with Gasteiger partial charge in [-0.15, -0.1) is 0 Å². The molecule has 2 atom stereocenters. The first-order valence-electron chi connectivity index (χ1n) is 5.22. The topological polar surface area (TPSA) is 72.5 Å². The summed E-state index contributed by atoms with van der Waals surface area (Å²) in [6, 6.07) is 6.32. The van der Waals surface area contributed by atoms with E-state index in [1.807, 2.05) is 6.92 Å². The molecule has 88 valence electrons. The summed E-state index contributed by atoms with van der Waals surface area (Å²) in [5, 5.41) is 9.68. The van der Waals surface area contributed by atoms with Crippen LogP contribution >= 0.6 is 0 Å². The molecule has 16 heavy (non-hydrogen) atoms. The molecule has 4 nitrogen and oxygen atoms in total. The molecular formula is C12H17NO3. The number of methoxy groups -OCH3 is 1. The second kappa shape index (κ2) is 5.63. The Kier molecular flexibility index (Phi) is 4.46. The van der Waals surface area contributed by atoms with Crippen LogP contribution in [0.2, 0.25) is 0 Å². The first-order valence-corrected chi connectivity index (χ1v) is 5.22. The quantitative estimate of drug-likeness (QED) is 0.753. The third-order valence-corrected chi connectivity index (χ3v) is 2.56. The van der Waals surface area contributed by atoms with Gasteiger partial charge in [0.1, 0.15) is 0 Å². The molecule has 0 saturated carbocycles. The van der Waals surface area contributed by atoms with Crippen LogP contribution in [0, 0.1) is 0 Å². The predicted octanol–water partition coefficient (Wildman–Crippen LogP) is 1.24. The highest BCUT2D eigenvalue weighted by molar-refractivity contribution is 5.91. The van der Waals surface area contributed by atoms with Crippen LogP contribution in [0.25, 0.3) is 0 Å². The SMILES string of the molecule is CC[C@H](O)[C@H](N)c1ccccc1C(=O)OC. The highest BCUT2D eigenvalue weighted by Crippen LogP contribution is 2.21. The molecule has 0 heterocycles. The molecule has 0 aromatic heterocycles. The van der Waals surface area contributed by atoms with Crippen LogP contribution in [0.4, 0.5) is 0 Å². The Hall–Kier alpha value is -1.39. The minimum absolute atomic E-state index is 0.407. The molecule has 1 rings (SSSR count). The molecule has 0 unspecified atom stereocenters. The zero-order valence-corrected chi connectivity index (χ0v) is 9.51. The number of carbonyl (C=O) groups excluding carboxylic acids is 1. The molecule has 0 bridgehead atoms. The van der Waals surface area contributed by atoms with Gasteiger partial charge in [0.2, 0.25) is 0 Å². The minimum atomic E-state index is -0.661. The lowest BCUT2D eigenvalue weighted by atomic mass is 9.96.